The monoisotopic (exact) mass is 242 g/mol. The fourth-order valence-corrected chi connectivity index (χ4v) is 1.62. The molecule has 0 aliphatic rings. The molecule has 2 atom stereocenters. The smallest absolute Gasteiger partial charge is 0.104 e. The summed E-state index contributed by atoms with van der Waals surface area (Å²) in [6.07, 6.45) is 1.81. The van der Waals surface area contributed by atoms with Crippen molar-refractivity contribution in [1.82, 2.24) is 5.32 Å². The van der Waals surface area contributed by atoms with Gasteiger partial charge in [-0.2, -0.15) is 5.26 Å². The van der Waals surface area contributed by atoms with Crippen LogP contribution in [0, 0.1) is 11.3 Å². The Morgan fingerprint density at radius 1 is 1.41 bits per heavy atom. The predicted molar refractivity (Wildman–Crippen MR) is 68.8 cm³/mol. The molecule has 4 heteroatoms. The Kier molecular flexibility index (Phi) is 9.06. The third-order valence-electron chi connectivity index (χ3n) is 2.59. The predicted octanol–water partition coefficient (Wildman–Crippen LogP) is 2.10. The van der Waals surface area contributed by atoms with Gasteiger partial charge in [0.1, 0.15) is 5.54 Å². The molecule has 0 radical (unpaired) electrons. The fourth-order valence-electron chi connectivity index (χ4n) is 1.62. The molecule has 1 N–H and O–H groups in total. The van der Waals surface area contributed by atoms with Crippen molar-refractivity contribution in [3.8, 4) is 6.07 Å². The maximum absolute atomic E-state index is 9.07. The maximum atomic E-state index is 9.07. The standard InChI is InChI=1S/C13H26N2O2/c1-5-15-13(4,11-14)8-7-9-17-12(3)10-16-6-2/h12,15H,5-10H2,1-4H3. The summed E-state index contributed by atoms with van der Waals surface area (Å²) in [5.41, 5.74) is -0.429. The Morgan fingerprint density at radius 3 is 2.65 bits per heavy atom. The van der Waals surface area contributed by atoms with Crippen LogP contribution in [0.15, 0.2) is 0 Å². The minimum Gasteiger partial charge on any atom is -0.379 e. The van der Waals surface area contributed by atoms with Gasteiger partial charge >= 0.3 is 0 Å². The topological polar surface area (TPSA) is 54.3 Å². The summed E-state index contributed by atoms with van der Waals surface area (Å²) in [5.74, 6) is 0. The van der Waals surface area contributed by atoms with Gasteiger partial charge in [-0.3, -0.25) is 5.32 Å². The van der Waals surface area contributed by atoms with Crippen LogP contribution < -0.4 is 5.32 Å². The molecular weight excluding hydrogens is 216 g/mol. The molecule has 0 rings (SSSR count). The molecule has 0 aliphatic carbocycles. The van der Waals surface area contributed by atoms with E-state index in [0.717, 1.165) is 26.0 Å². The third kappa shape index (κ3) is 8.14. The second-order valence-corrected chi connectivity index (χ2v) is 4.42. The number of nitrogens with zero attached hydrogens (tertiary/aromatic N) is 1. The van der Waals surface area contributed by atoms with Crippen LogP contribution in [0.1, 0.15) is 40.5 Å². The minimum atomic E-state index is -0.429. The third-order valence-corrected chi connectivity index (χ3v) is 2.59. The number of rotatable bonds is 10. The van der Waals surface area contributed by atoms with Crippen molar-refractivity contribution < 1.29 is 9.47 Å². The van der Waals surface area contributed by atoms with E-state index in [-0.39, 0.29) is 6.10 Å². The number of hydrogen-bond donors (Lipinski definition) is 1. The van der Waals surface area contributed by atoms with Crippen LogP contribution in [-0.4, -0.2) is 38.0 Å². The Balaban J connectivity index is 3.65. The zero-order valence-electron chi connectivity index (χ0n) is 11.6. The largest absolute Gasteiger partial charge is 0.379 e. The molecule has 0 bridgehead atoms. The van der Waals surface area contributed by atoms with E-state index >= 15 is 0 Å². The van der Waals surface area contributed by atoms with E-state index in [1.165, 1.54) is 0 Å². The normalized spacial score (nSPS) is 16.2. The van der Waals surface area contributed by atoms with Crippen LogP contribution in [0.3, 0.4) is 0 Å². The lowest BCUT2D eigenvalue weighted by atomic mass is 9.98. The average molecular weight is 242 g/mol. The molecule has 0 heterocycles. The van der Waals surface area contributed by atoms with E-state index in [4.69, 9.17) is 14.7 Å². The summed E-state index contributed by atoms with van der Waals surface area (Å²) in [6.45, 7) is 10.8. The zero-order valence-corrected chi connectivity index (χ0v) is 11.6. The van der Waals surface area contributed by atoms with Crippen LogP contribution in [0.25, 0.3) is 0 Å². The van der Waals surface area contributed by atoms with Crippen molar-refractivity contribution >= 4 is 0 Å². The van der Waals surface area contributed by atoms with Gasteiger partial charge in [0.15, 0.2) is 0 Å². The van der Waals surface area contributed by atoms with Gasteiger partial charge in [-0.15, -0.1) is 0 Å². The molecule has 0 aromatic heterocycles. The first-order valence-electron chi connectivity index (χ1n) is 6.43. The van der Waals surface area contributed by atoms with Crippen LogP contribution >= 0.6 is 0 Å². The van der Waals surface area contributed by atoms with Crippen LogP contribution in [0.4, 0.5) is 0 Å². The number of nitrogens with one attached hydrogen (secondary N) is 1. The zero-order chi connectivity index (χ0) is 13.1. The highest BCUT2D eigenvalue weighted by molar-refractivity contribution is 5.03. The van der Waals surface area contributed by atoms with E-state index < -0.39 is 5.54 Å². The van der Waals surface area contributed by atoms with Crippen LogP contribution in [0.2, 0.25) is 0 Å². The maximum Gasteiger partial charge on any atom is 0.104 e. The highest BCUT2D eigenvalue weighted by Crippen LogP contribution is 2.11. The van der Waals surface area contributed by atoms with Crippen LogP contribution in [-0.2, 0) is 9.47 Å². The quantitative estimate of drug-likeness (QED) is 0.596. The van der Waals surface area contributed by atoms with Gasteiger partial charge in [0, 0.05) is 13.2 Å². The van der Waals surface area contributed by atoms with Gasteiger partial charge in [-0.1, -0.05) is 6.92 Å². The van der Waals surface area contributed by atoms with Crippen molar-refractivity contribution in [2.75, 3.05) is 26.4 Å². The van der Waals surface area contributed by atoms with Crippen molar-refractivity contribution in [3.05, 3.63) is 0 Å². The highest BCUT2D eigenvalue weighted by atomic mass is 16.5. The van der Waals surface area contributed by atoms with E-state index in [9.17, 15) is 0 Å². The molecular formula is C13H26N2O2. The molecule has 4 nitrogen and oxygen atoms in total. The Bertz CT molecular complexity index is 228. The first-order chi connectivity index (χ1) is 8.08. The molecule has 0 saturated carbocycles. The van der Waals surface area contributed by atoms with Gasteiger partial charge < -0.3 is 9.47 Å². The second kappa shape index (κ2) is 9.41. The van der Waals surface area contributed by atoms with E-state index in [1.807, 2.05) is 27.7 Å². The molecule has 2 unspecified atom stereocenters. The second-order valence-electron chi connectivity index (χ2n) is 4.42. The van der Waals surface area contributed by atoms with Crippen molar-refractivity contribution in [3.63, 3.8) is 0 Å². The highest BCUT2D eigenvalue weighted by Gasteiger charge is 2.21. The summed E-state index contributed by atoms with van der Waals surface area (Å²) in [6, 6.07) is 2.31. The Morgan fingerprint density at radius 2 is 2.12 bits per heavy atom. The van der Waals surface area contributed by atoms with Gasteiger partial charge in [0.05, 0.1) is 18.8 Å². The molecule has 17 heavy (non-hydrogen) atoms. The SMILES string of the molecule is CCNC(C)(C#N)CCCOC(C)COCC. The molecule has 100 valence electrons. The van der Waals surface area contributed by atoms with Gasteiger partial charge in [-0.05, 0) is 40.2 Å². The molecule has 0 aliphatic heterocycles. The number of hydrogen-bond acceptors (Lipinski definition) is 4. The van der Waals surface area contributed by atoms with E-state index in [0.29, 0.717) is 13.2 Å². The first-order valence-corrected chi connectivity index (χ1v) is 6.43. The average Bonchev–Trinajstić information content (AvgIpc) is 2.32. The van der Waals surface area contributed by atoms with E-state index in [2.05, 4.69) is 11.4 Å². The van der Waals surface area contributed by atoms with Crippen molar-refractivity contribution in [1.29, 1.82) is 5.26 Å². The van der Waals surface area contributed by atoms with Gasteiger partial charge in [-0.25, -0.2) is 0 Å². The molecule has 0 spiro atoms. The number of ether oxygens (including phenoxy) is 2. The molecule has 0 fully saturated rings. The summed E-state index contributed by atoms with van der Waals surface area (Å²) in [5, 5.41) is 12.3. The Hall–Kier alpha value is -0.630. The van der Waals surface area contributed by atoms with Crippen LogP contribution in [0.5, 0.6) is 0 Å². The minimum absolute atomic E-state index is 0.127. The van der Waals surface area contributed by atoms with Gasteiger partial charge in [0.25, 0.3) is 0 Å². The number of nitriles is 1. The summed E-state index contributed by atoms with van der Waals surface area (Å²) < 4.78 is 10.9. The molecule has 0 aromatic rings. The molecule has 0 aromatic carbocycles. The first kappa shape index (κ1) is 16.4. The lowest BCUT2D eigenvalue weighted by molar-refractivity contribution is -0.00542. The summed E-state index contributed by atoms with van der Waals surface area (Å²) >= 11 is 0. The fraction of sp³-hybridized carbons (Fsp3) is 0.923. The molecule has 0 amide bonds. The van der Waals surface area contributed by atoms with Crippen molar-refractivity contribution in [2.24, 2.45) is 0 Å². The lowest BCUT2D eigenvalue weighted by Crippen LogP contribution is -2.40. The van der Waals surface area contributed by atoms with Crippen molar-refractivity contribution in [2.45, 2.75) is 52.2 Å². The summed E-state index contributed by atoms with van der Waals surface area (Å²) in [4.78, 5) is 0. The van der Waals surface area contributed by atoms with E-state index in [1.54, 1.807) is 0 Å². The Labute approximate surface area is 105 Å². The van der Waals surface area contributed by atoms with Gasteiger partial charge in [0.2, 0.25) is 0 Å². The lowest BCUT2D eigenvalue weighted by Gasteiger charge is -2.22. The molecule has 0 saturated heterocycles. The summed E-state index contributed by atoms with van der Waals surface area (Å²) in [7, 11) is 0.